The van der Waals surface area contributed by atoms with Crippen molar-refractivity contribution >= 4 is 11.9 Å². The number of benzene rings is 1. The molecule has 8 heteroatoms. The third-order valence-electron chi connectivity index (χ3n) is 3.19. The second-order valence-corrected chi connectivity index (χ2v) is 6.49. The van der Waals surface area contributed by atoms with E-state index in [4.69, 9.17) is 4.74 Å². The molecule has 1 heterocycles. The molecule has 2 aromatic rings. The average Bonchev–Trinajstić information content (AvgIpc) is 2.93. The quantitative estimate of drug-likeness (QED) is 0.416. The molecule has 0 saturated carbocycles. The van der Waals surface area contributed by atoms with Gasteiger partial charge in [0.25, 0.3) is 12.2 Å². The molecule has 136 valence electrons. The smallest absolute Gasteiger partial charge is 0.351 e. The Balaban J connectivity index is 0.00000312. The summed E-state index contributed by atoms with van der Waals surface area (Å²) < 4.78 is 8.22. The largest absolute Gasteiger partial charge is 1.00 e. The summed E-state index contributed by atoms with van der Waals surface area (Å²) in [5.74, 6) is -0.459. The third-order valence-corrected chi connectivity index (χ3v) is 3.19. The van der Waals surface area contributed by atoms with Crippen LogP contribution < -0.4 is 26.7 Å². The molecule has 2 rings (SSSR count). The lowest BCUT2D eigenvalue weighted by Crippen LogP contribution is -3.00. The van der Waals surface area contributed by atoms with Gasteiger partial charge in [0.1, 0.15) is 5.60 Å². The van der Waals surface area contributed by atoms with Crippen LogP contribution in [0.15, 0.2) is 43.0 Å². The van der Waals surface area contributed by atoms with Crippen LogP contribution in [0, 0.1) is 0 Å². The van der Waals surface area contributed by atoms with E-state index in [-0.39, 0.29) is 35.4 Å². The van der Waals surface area contributed by atoms with Gasteiger partial charge in [-0.2, -0.15) is 5.01 Å². The predicted molar refractivity (Wildman–Crippen MR) is 87.6 cm³/mol. The summed E-state index contributed by atoms with van der Waals surface area (Å²) in [5, 5.41) is 5.53. The van der Waals surface area contributed by atoms with E-state index in [9.17, 15) is 9.59 Å². The van der Waals surface area contributed by atoms with Crippen LogP contribution in [0.25, 0.3) is 0 Å². The van der Waals surface area contributed by atoms with Crippen molar-refractivity contribution in [2.24, 2.45) is 0 Å². The number of amides is 1. The number of aromatic nitrogens is 3. The van der Waals surface area contributed by atoms with E-state index in [1.54, 1.807) is 13.4 Å². The molecule has 1 amide bonds. The molecule has 0 radical (unpaired) electrons. The summed E-state index contributed by atoms with van der Waals surface area (Å²) in [4.78, 5) is 24.1. The van der Waals surface area contributed by atoms with Crippen molar-refractivity contribution in [2.75, 3.05) is 12.1 Å². The highest BCUT2D eigenvalue weighted by Crippen LogP contribution is 2.06. The van der Waals surface area contributed by atoms with Crippen LogP contribution in [0.3, 0.4) is 0 Å². The minimum absolute atomic E-state index is 0. The molecular formula is C17H23BrN4O3. The number of likely N-dealkylation sites (N-methyl/N-ethyl adjacent to an activating group) is 1. The van der Waals surface area contributed by atoms with Gasteiger partial charge in [-0.15, -0.1) is 9.36 Å². The summed E-state index contributed by atoms with van der Waals surface area (Å²) >= 11 is 0. The van der Waals surface area contributed by atoms with Crippen LogP contribution in [-0.4, -0.2) is 34.3 Å². The van der Waals surface area contributed by atoms with Crippen molar-refractivity contribution in [1.82, 2.24) is 9.77 Å². The average molecular weight is 411 g/mol. The van der Waals surface area contributed by atoms with E-state index >= 15 is 0 Å². The first kappa shape index (κ1) is 20.8. The van der Waals surface area contributed by atoms with Crippen molar-refractivity contribution in [3.63, 3.8) is 0 Å². The van der Waals surface area contributed by atoms with Gasteiger partial charge in [0.05, 0.1) is 13.5 Å². The zero-order valence-electron chi connectivity index (χ0n) is 14.8. The number of nitrogens with zero attached hydrogens (tertiary/aromatic N) is 4. The Labute approximate surface area is 157 Å². The number of hydrogen-bond donors (Lipinski definition) is 0. The van der Waals surface area contributed by atoms with Crippen molar-refractivity contribution < 1.29 is 36.0 Å². The fraction of sp³-hybridized carbons (Fsp3) is 0.412. The fourth-order valence-corrected chi connectivity index (χ4v) is 2.07. The highest BCUT2D eigenvalue weighted by Gasteiger charge is 2.21. The maximum Gasteiger partial charge on any atom is 0.351 e. The molecule has 0 aliphatic carbocycles. The molecule has 0 aliphatic heterocycles. The molecule has 0 bridgehead atoms. The molecule has 0 spiro atoms. The Bertz CT molecular complexity index is 710. The van der Waals surface area contributed by atoms with E-state index in [0.29, 0.717) is 6.42 Å². The molecule has 0 atom stereocenters. The number of esters is 1. The van der Waals surface area contributed by atoms with Gasteiger partial charge in [-0.3, -0.25) is 4.79 Å². The van der Waals surface area contributed by atoms with Gasteiger partial charge in [-0.25, -0.2) is 4.79 Å². The molecule has 0 N–H and O–H groups in total. The van der Waals surface area contributed by atoms with Crippen molar-refractivity contribution in [2.45, 2.75) is 39.3 Å². The van der Waals surface area contributed by atoms with Crippen molar-refractivity contribution in [1.29, 1.82) is 0 Å². The number of carbonyl (C=O) groups is 2. The van der Waals surface area contributed by atoms with E-state index in [1.165, 1.54) is 20.7 Å². The summed E-state index contributed by atoms with van der Waals surface area (Å²) in [7, 11) is 1.66. The highest BCUT2D eigenvalue weighted by atomic mass is 79.9. The second kappa shape index (κ2) is 8.75. The molecular weight excluding hydrogens is 388 g/mol. The van der Waals surface area contributed by atoms with Crippen LogP contribution >= 0.6 is 0 Å². The monoisotopic (exact) mass is 410 g/mol. The standard InChI is InChI=1S/C17H23N4O3.BrH/c1-17(2,3)24-16(23)11-20-13-21(12-18-20)19(4)15(22)10-14-8-6-5-7-9-14;/h5-9,12-13H,10-11H2,1-4H3;1H/q+1;/p-1. The number of rotatable bonds is 5. The molecule has 0 saturated heterocycles. The molecule has 1 aromatic carbocycles. The molecule has 0 aliphatic rings. The van der Waals surface area contributed by atoms with Crippen LogP contribution in [0.4, 0.5) is 0 Å². The van der Waals surface area contributed by atoms with Crippen LogP contribution in [0.5, 0.6) is 0 Å². The summed E-state index contributed by atoms with van der Waals surface area (Å²) in [5.41, 5.74) is 0.402. The molecule has 1 aromatic heterocycles. The predicted octanol–water partition coefficient (Wildman–Crippen LogP) is -2.15. The lowest BCUT2D eigenvalue weighted by atomic mass is 10.1. The first-order chi connectivity index (χ1) is 11.2. The van der Waals surface area contributed by atoms with Gasteiger partial charge >= 0.3 is 5.97 Å². The Morgan fingerprint density at radius 2 is 1.88 bits per heavy atom. The number of carbonyl (C=O) groups excluding carboxylic acids is 2. The number of ether oxygens (including phenoxy) is 1. The lowest BCUT2D eigenvalue weighted by molar-refractivity contribution is -0.741. The molecule has 0 fully saturated rings. The Morgan fingerprint density at radius 3 is 2.48 bits per heavy atom. The first-order valence-corrected chi connectivity index (χ1v) is 7.71. The molecule has 0 unspecified atom stereocenters. The minimum Gasteiger partial charge on any atom is -1.00 e. The Morgan fingerprint density at radius 1 is 1.24 bits per heavy atom. The minimum atomic E-state index is -0.539. The van der Waals surface area contributed by atoms with Crippen LogP contribution in [-0.2, 0) is 27.3 Å². The number of hydrogen-bond acceptors (Lipinski definition) is 4. The maximum atomic E-state index is 12.3. The summed E-state index contributed by atoms with van der Waals surface area (Å²) in [6, 6.07) is 9.51. The van der Waals surface area contributed by atoms with Gasteiger partial charge in [0.2, 0.25) is 12.9 Å². The van der Waals surface area contributed by atoms with Gasteiger partial charge in [-0.1, -0.05) is 30.3 Å². The zero-order valence-corrected chi connectivity index (χ0v) is 16.4. The van der Waals surface area contributed by atoms with Gasteiger partial charge in [0, 0.05) is 0 Å². The van der Waals surface area contributed by atoms with Gasteiger partial charge in [-0.05, 0) is 31.4 Å². The van der Waals surface area contributed by atoms with E-state index in [2.05, 4.69) is 5.10 Å². The summed E-state index contributed by atoms with van der Waals surface area (Å²) in [6.07, 6.45) is 3.35. The van der Waals surface area contributed by atoms with Gasteiger partial charge < -0.3 is 21.7 Å². The van der Waals surface area contributed by atoms with E-state index < -0.39 is 5.60 Å². The summed E-state index contributed by atoms with van der Waals surface area (Å²) in [6.45, 7) is 5.42. The first-order valence-electron chi connectivity index (χ1n) is 7.71. The zero-order chi connectivity index (χ0) is 17.7. The van der Waals surface area contributed by atoms with E-state index in [0.717, 1.165) is 5.56 Å². The van der Waals surface area contributed by atoms with E-state index in [1.807, 2.05) is 51.1 Å². The van der Waals surface area contributed by atoms with Crippen LogP contribution in [0.1, 0.15) is 26.3 Å². The highest BCUT2D eigenvalue weighted by molar-refractivity contribution is 5.87. The van der Waals surface area contributed by atoms with Crippen molar-refractivity contribution in [3.05, 3.63) is 48.5 Å². The van der Waals surface area contributed by atoms with Crippen molar-refractivity contribution in [3.8, 4) is 0 Å². The Kier molecular flexibility index (Phi) is 7.29. The normalized spacial score (nSPS) is 10.7. The van der Waals surface area contributed by atoms with Gasteiger partial charge in [0.15, 0.2) is 0 Å². The maximum absolute atomic E-state index is 12.3. The SMILES string of the molecule is CN(C(=O)Cc1ccccc1)n1cn[n+](CC(=O)OC(C)(C)C)c1.[Br-]. The second-order valence-electron chi connectivity index (χ2n) is 6.49. The third kappa shape index (κ3) is 6.66. The number of halogens is 1. The van der Waals surface area contributed by atoms with Crippen LogP contribution in [0.2, 0.25) is 0 Å². The lowest BCUT2D eigenvalue weighted by Gasteiger charge is -2.18. The molecule has 7 nitrogen and oxygen atoms in total. The molecule has 25 heavy (non-hydrogen) atoms. The topological polar surface area (TPSA) is 68.3 Å². The Hall–Kier alpha value is -2.22. The fourth-order valence-electron chi connectivity index (χ4n) is 2.07.